The van der Waals surface area contributed by atoms with E-state index in [2.05, 4.69) is 16.7 Å². The Morgan fingerprint density at radius 1 is 1.17 bits per heavy atom. The molecule has 2 aromatic rings. The zero-order valence-electron chi connectivity index (χ0n) is 18.0. The molecule has 162 valence electrons. The van der Waals surface area contributed by atoms with Gasteiger partial charge < -0.3 is 15.5 Å². The van der Waals surface area contributed by atoms with Gasteiger partial charge in [0.15, 0.2) is 0 Å². The smallest absolute Gasteiger partial charge is 0.261 e. The van der Waals surface area contributed by atoms with Crippen molar-refractivity contribution in [1.29, 1.82) is 0 Å². The fraction of sp³-hybridized carbons (Fsp3) is 0.522. The molecule has 1 aromatic carbocycles. The summed E-state index contributed by atoms with van der Waals surface area (Å²) in [6.45, 7) is 6.05. The molecule has 1 fully saturated rings. The third-order valence-corrected chi connectivity index (χ3v) is 6.66. The van der Waals surface area contributed by atoms with Crippen molar-refractivity contribution in [3.63, 3.8) is 0 Å². The van der Waals surface area contributed by atoms with Gasteiger partial charge in [-0.3, -0.25) is 14.4 Å². The Bertz CT molecular complexity index is 922. The monoisotopic (exact) mass is 429 g/mol. The number of benzene rings is 1. The summed E-state index contributed by atoms with van der Waals surface area (Å²) < 4.78 is 1.09. The first-order valence-corrected chi connectivity index (χ1v) is 11.5. The lowest BCUT2D eigenvalue weighted by Gasteiger charge is -2.30. The van der Waals surface area contributed by atoms with Gasteiger partial charge in [0.05, 0.1) is 11.4 Å². The van der Waals surface area contributed by atoms with Crippen LogP contribution in [0.2, 0.25) is 0 Å². The third-order valence-electron chi connectivity index (χ3n) is 5.45. The maximum Gasteiger partial charge on any atom is 0.261 e. The Morgan fingerprint density at radius 2 is 1.93 bits per heavy atom. The van der Waals surface area contributed by atoms with E-state index >= 15 is 0 Å². The predicted molar refractivity (Wildman–Crippen MR) is 121 cm³/mol. The molecule has 0 bridgehead atoms. The van der Waals surface area contributed by atoms with Crippen LogP contribution < -0.4 is 10.6 Å². The molecule has 3 rings (SSSR count). The van der Waals surface area contributed by atoms with Gasteiger partial charge in [-0.1, -0.05) is 31.0 Å². The minimum absolute atomic E-state index is 0.0247. The van der Waals surface area contributed by atoms with E-state index in [-0.39, 0.29) is 36.3 Å². The van der Waals surface area contributed by atoms with Gasteiger partial charge in [-0.25, -0.2) is 0 Å². The van der Waals surface area contributed by atoms with Crippen LogP contribution in [0, 0.1) is 0 Å². The second-order valence-corrected chi connectivity index (χ2v) is 9.29. The number of thiophene rings is 1. The Hall–Kier alpha value is -2.41. The van der Waals surface area contributed by atoms with Crippen molar-refractivity contribution in [3.8, 4) is 0 Å². The van der Waals surface area contributed by atoms with Gasteiger partial charge in [-0.2, -0.15) is 0 Å². The van der Waals surface area contributed by atoms with Crippen LogP contribution in [0.4, 0.5) is 0 Å². The Labute approximate surface area is 182 Å². The van der Waals surface area contributed by atoms with Gasteiger partial charge in [0.1, 0.15) is 0 Å². The fourth-order valence-electron chi connectivity index (χ4n) is 4.07. The van der Waals surface area contributed by atoms with E-state index in [1.165, 1.54) is 18.3 Å². The first-order valence-electron chi connectivity index (χ1n) is 10.7. The molecule has 0 spiro atoms. The summed E-state index contributed by atoms with van der Waals surface area (Å²) in [7, 11) is 0. The topological polar surface area (TPSA) is 78.5 Å². The van der Waals surface area contributed by atoms with Crippen LogP contribution >= 0.6 is 11.3 Å². The SMILES string of the molecule is CC(=O)NCC(=O)N1CCCCC[C@@H]1Cc1c(C(=O)NC(C)C)sc2ccccc12. The number of rotatable bonds is 6. The van der Waals surface area contributed by atoms with Gasteiger partial charge in [-0.05, 0) is 50.1 Å². The van der Waals surface area contributed by atoms with E-state index in [1.54, 1.807) is 0 Å². The molecule has 6 nitrogen and oxygen atoms in total. The van der Waals surface area contributed by atoms with Crippen molar-refractivity contribution in [1.82, 2.24) is 15.5 Å². The van der Waals surface area contributed by atoms with Gasteiger partial charge in [0.25, 0.3) is 5.91 Å². The highest BCUT2D eigenvalue weighted by molar-refractivity contribution is 7.21. The maximum absolute atomic E-state index is 12.9. The third kappa shape index (κ3) is 5.39. The van der Waals surface area contributed by atoms with Gasteiger partial charge in [0.2, 0.25) is 11.8 Å². The second kappa shape index (κ2) is 10.1. The van der Waals surface area contributed by atoms with Crippen LogP contribution in [0.15, 0.2) is 24.3 Å². The highest BCUT2D eigenvalue weighted by atomic mass is 32.1. The molecule has 2 heterocycles. The van der Waals surface area contributed by atoms with Crippen molar-refractivity contribution >= 4 is 39.1 Å². The Morgan fingerprint density at radius 3 is 2.67 bits per heavy atom. The van der Waals surface area contributed by atoms with Crippen LogP contribution in [0.3, 0.4) is 0 Å². The summed E-state index contributed by atoms with van der Waals surface area (Å²) in [5.41, 5.74) is 1.03. The van der Waals surface area contributed by atoms with E-state index in [9.17, 15) is 14.4 Å². The number of amides is 3. The van der Waals surface area contributed by atoms with Crippen molar-refractivity contribution in [2.75, 3.05) is 13.1 Å². The summed E-state index contributed by atoms with van der Waals surface area (Å²) in [5.74, 6) is -0.304. The normalized spacial score (nSPS) is 17.1. The van der Waals surface area contributed by atoms with Crippen LogP contribution in [0.1, 0.15) is 61.7 Å². The highest BCUT2D eigenvalue weighted by Crippen LogP contribution is 2.34. The zero-order valence-corrected chi connectivity index (χ0v) is 18.8. The quantitative estimate of drug-likeness (QED) is 0.738. The summed E-state index contributed by atoms with van der Waals surface area (Å²) in [5, 5.41) is 6.74. The standard InChI is InChI=1S/C23H31N3O3S/c1-15(2)25-23(29)22-19(18-10-6-7-11-20(18)30-22)13-17-9-5-4-8-12-26(17)21(28)14-24-16(3)27/h6-7,10-11,15,17H,4-5,8-9,12-14H2,1-3H3,(H,24,27)(H,25,29)/t17-/m1/s1. The van der Waals surface area contributed by atoms with Gasteiger partial charge in [0, 0.05) is 30.3 Å². The van der Waals surface area contributed by atoms with E-state index in [1.807, 2.05) is 36.9 Å². The Balaban J connectivity index is 1.92. The average molecular weight is 430 g/mol. The molecule has 1 atom stereocenters. The van der Waals surface area contributed by atoms with Crippen LogP contribution in [-0.4, -0.2) is 47.8 Å². The molecule has 1 aliphatic rings. The molecule has 2 N–H and O–H groups in total. The Kier molecular flexibility index (Phi) is 7.48. The number of carbonyl (C=O) groups excluding carboxylic acids is 3. The predicted octanol–water partition coefficient (Wildman–Crippen LogP) is 3.49. The van der Waals surface area contributed by atoms with Gasteiger partial charge >= 0.3 is 0 Å². The molecule has 30 heavy (non-hydrogen) atoms. The molecule has 1 aromatic heterocycles. The molecule has 1 aliphatic heterocycles. The highest BCUT2D eigenvalue weighted by Gasteiger charge is 2.29. The summed E-state index contributed by atoms with van der Waals surface area (Å²) in [6.07, 6.45) is 4.67. The number of fused-ring (bicyclic) bond motifs is 1. The molecule has 0 aliphatic carbocycles. The maximum atomic E-state index is 12.9. The number of carbonyl (C=O) groups is 3. The minimum Gasteiger partial charge on any atom is -0.349 e. The van der Waals surface area contributed by atoms with E-state index in [0.717, 1.165) is 46.2 Å². The minimum atomic E-state index is -0.203. The summed E-state index contributed by atoms with van der Waals surface area (Å²) >= 11 is 1.52. The molecule has 1 saturated heterocycles. The second-order valence-electron chi connectivity index (χ2n) is 8.24. The molecular weight excluding hydrogens is 398 g/mol. The van der Waals surface area contributed by atoms with Crippen molar-refractivity contribution < 1.29 is 14.4 Å². The molecule has 3 amide bonds. The number of hydrogen-bond donors (Lipinski definition) is 2. The molecular formula is C23H31N3O3S. The molecule has 0 radical (unpaired) electrons. The molecule has 0 unspecified atom stereocenters. The van der Waals surface area contributed by atoms with E-state index < -0.39 is 0 Å². The zero-order chi connectivity index (χ0) is 21.7. The van der Waals surface area contributed by atoms with Crippen LogP contribution in [0.25, 0.3) is 10.1 Å². The summed E-state index contributed by atoms with van der Waals surface area (Å²) in [6, 6.07) is 8.18. The summed E-state index contributed by atoms with van der Waals surface area (Å²) in [4.78, 5) is 39.7. The van der Waals surface area contributed by atoms with E-state index in [0.29, 0.717) is 13.0 Å². The lowest BCUT2D eigenvalue weighted by Crippen LogP contribution is -2.46. The lowest BCUT2D eigenvalue weighted by atomic mass is 9.97. The fourth-order valence-corrected chi connectivity index (χ4v) is 5.20. The molecule has 0 saturated carbocycles. The lowest BCUT2D eigenvalue weighted by molar-refractivity contribution is -0.134. The van der Waals surface area contributed by atoms with Crippen molar-refractivity contribution in [2.24, 2.45) is 0 Å². The number of hydrogen-bond acceptors (Lipinski definition) is 4. The van der Waals surface area contributed by atoms with Crippen LogP contribution in [0.5, 0.6) is 0 Å². The average Bonchev–Trinajstić information content (AvgIpc) is 2.89. The first-order chi connectivity index (χ1) is 14.4. The first kappa shape index (κ1) is 22.3. The van der Waals surface area contributed by atoms with Crippen molar-refractivity contribution in [2.45, 2.75) is 65.0 Å². The molecule has 7 heteroatoms. The number of nitrogens with one attached hydrogen (secondary N) is 2. The van der Waals surface area contributed by atoms with Gasteiger partial charge in [-0.15, -0.1) is 11.3 Å². The van der Waals surface area contributed by atoms with Crippen molar-refractivity contribution in [3.05, 3.63) is 34.7 Å². The van der Waals surface area contributed by atoms with E-state index in [4.69, 9.17) is 0 Å². The van der Waals surface area contributed by atoms with Crippen LogP contribution in [-0.2, 0) is 16.0 Å². The number of nitrogens with zero attached hydrogens (tertiary/aromatic N) is 1. The number of likely N-dealkylation sites (tertiary alicyclic amines) is 1. The largest absolute Gasteiger partial charge is 0.349 e.